The van der Waals surface area contributed by atoms with E-state index in [9.17, 15) is 18.0 Å². The van der Waals surface area contributed by atoms with E-state index >= 15 is 0 Å². The molecule has 0 aliphatic heterocycles. The Kier molecular flexibility index (Phi) is 4.69. The maximum atomic E-state index is 12.8. The molecule has 8 heteroatoms. The Morgan fingerprint density at radius 3 is 2.12 bits per heavy atom. The molecular weight excluding hydrogens is 354 g/mol. The summed E-state index contributed by atoms with van der Waals surface area (Å²) < 4.78 is 28.1. The van der Waals surface area contributed by atoms with Gasteiger partial charge in [-0.25, -0.2) is 8.42 Å². The maximum Gasteiger partial charge on any atom is 0.314 e. The van der Waals surface area contributed by atoms with E-state index in [2.05, 4.69) is 21.6 Å². The van der Waals surface area contributed by atoms with Crippen molar-refractivity contribution in [3.8, 4) is 0 Å². The minimum absolute atomic E-state index is 0.0327. The first-order chi connectivity index (χ1) is 12.3. The molecule has 3 aromatic rings. The highest BCUT2D eigenvalue weighted by molar-refractivity contribution is 7.92. The number of benzene rings is 2. The van der Waals surface area contributed by atoms with Crippen LogP contribution in [0.2, 0.25) is 0 Å². The molecule has 0 amide bonds. The van der Waals surface area contributed by atoms with Gasteiger partial charge in [0.2, 0.25) is 0 Å². The summed E-state index contributed by atoms with van der Waals surface area (Å²) in [6.07, 6.45) is 1.95. The average Bonchev–Trinajstić information content (AvgIpc) is 2.57. The molecule has 0 saturated carbocycles. The number of H-pyrrole nitrogens is 2. The van der Waals surface area contributed by atoms with E-state index in [0.29, 0.717) is 16.8 Å². The fourth-order valence-electron chi connectivity index (χ4n) is 2.78. The Bertz CT molecular complexity index is 1180. The SMILES string of the molecule is CCCc1ccc(NS(=O)(=O)c2cc3[nH]c(=O)c(=O)[nH]c3cc2C)cc1. The quantitative estimate of drug-likeness (QED) is 0.596. The van der Waals surface area contributed by atoms with Crippen LogP contribution in [0.3, 0.4) is 0 Å². The van der Waals surface area contributed by atoms with Gasteiger partial charge in [0.1, 0.15) is 0 Å². The highest BCUT2D eigenvalue weighted by atomic mass is 32.2. The third kappa shape index (κ3) is 3.55. The molecule has 0 bridgehead atoms. The van der Waals surface area contributed by atoms with E-state index in [4.69, 9.17) is 0 Å². The molecule has 0 spiro atoms. The summed E-state index contributed by atoms with van der Waals surface area (Å²) in [4.78, 5) is 27.8. The summed E-state index contributed by atoms with van der Waals surface area (Å²) in [5.74, 6) is 0. The van der Waals surface area contributed by atoms with Crippen molar-refractivity contribution >= 4 is 26.7 Å². The molecule has 0 aliphatic carbocycles. The van der Waals surface area contributed by atoms with E-state index in [-0.39, 0.29) is 10.4 Å². The normalized spacial score (nSPS) is 11.6. The van der Waals surface area contributed by atoms with Crippen LogP contribution in [0.1, 0.15) is 24.5 Å². The summed E-state index contributed by atoms with van der Waals surface area (Å²) in [5.41, 5.74) is 1.06. The predicted octanol–water partition coefficient (Wildman–Crippen LogP) is 2.28. The molecule has 3 N–H and O–H groups in total. The third-order valence-electron chi connectivity index (χ3n) is 4.05. The minimum Gasteiger partial charge on any atom is -0.316 e. The zero-order chi connectivity index (χ0) is 18.9. The van der Waals surface area contributed by atoms with Gasteiger partial charge in [-0.15, -0.1) is 0 Å². The number of aromatic nitrogens is 2. The summed E-state index contributed by atoms with van der Waals surface area (Å²) in [6, 6.07) is 10.1. The van der Waals surface area contributed by atoms with E-state index in [1.165, 1.54) is 12.1 Å². The Balaban J connectivity index is 2.00. The number of fused-ring (bicyclic) bond motifs is 1. The van der Waals surface area contributed by atoms with Gasteiger partial charge in [0.15, 0.2) is 0 Å². The summed E-state index contributed by atoms with van der Waals surface area (Å²) in [6.45, 7) is 3.71. The van der Waals surface area contributed by atoms with Crippen LogP contribution in [-0.2, 0) is 16.4 Å². The van der Waals surface area contributed by atoms with Crippen molar-refractivity contribution in [1.82, 2.24) is 9.97 Å². The number of hydrogen-bond acceptors (Lipinski definition) is 4. The number of nitrogens with one attached hydrogen (secondary N) is 3. The van der Waals surface area contributed by atoms with Crippen LogP contribution in [-0.4, -0.2) is 18.4 Å². The molecule has 136 valence electrons. The minimum atomic E-state index is -3.85. The third-order valence-corrected chi connectivity index (χ3v) is 5.58. The highest BCUT2D eigenvalue weighted by Gasteiger charge is 2.18. The molecule has 2 aromatic carbocycles. The summed E-state index contributed by atoms with van der Waals surface area (Å²) >= 11 is 0. The fraction of sp³-hybridized carbons (Fsp3) is 0.222. The first-order valence-electron chi connectivity index (χ1n) is 8.19. The average molecular weight is 373 g/mol. The van der Waals surface area contributed by atoms with Gasteiger partial charge in [-0.3, -0.25) is 14.3 Å². The van der Waals surface area contributed by atoms with E-state index in [1.54, 1.807) is 19.1 Å². The second-order valence-corrected chi connectivity index (χ2v) is 7.77. The highest BCUT2D eigenvalue weighted by Crippen LogP contribution is 2.23. The summed E-state index contributed by atoms with van der Waals surface area (Å²) in [5, 5.41) is 0. The van der Waals surface area contributed by atoms with Crippen LogP contribution < -0.4 is 15.8 Å². The largest absolute Gasteiger partial charge is 0.316 e. The molecule has 1 aromatic heterocycles. The Morgan fingerprint density at radius 2 is 1.54 bits per heavy atom. The monoisotopic (exact) mass is 373 g/mol. The number of sulfonamides is 1. The number of rotatable bonds is 5. The van der Waals surface area contributed by atoms with Gasteiger partial charge in [0.25, 0.3) is 10.0 Å². The van der Waals surface area contributed by atoms with Gasteiger partial charge in [0, 0.05) is 5.69 Å². The number of aromatic amines is 2. The number of hydrogen-bond donors (Lipinski definition) is 3. The van der Waals surface area contributed by atoms with Crippen molar-refractivity contribution in [1.29, 1.82) is 0 Å². The van der Waals surface area contributed by atoms with E-state index in [1.807, 2.05) is 12.1 Å². The van der Waals surface area contributed by atoms with Crippen molar-refractivity contribution in [3.05, 3.63) is 68.2 Å². The van der Waals surface area contributed by atoms with Crippen molar-refractivity contribution in [2.75, 3.05) is 4.72 Å². The lowest BCUT2D eigenvalue weighted by Gasteiger charge is -2.12. The van der Waals surface area contributed by atoms with Crippen LogP contribution in [0.15, 0.2) is 50.9 Å². The fourth-order valence-corrected chi connectivity index (χ4v) is 4.09. The molecule has 0 fully saturated rings. The zero-order valence-corrected chi connectivity index (χ0v) is 15.2. The van der Waals surface area contributed by atoms with Crippen LogP contribution >= 0.6 is 0 Å². The molecular formula is C18H19N3O4S. The molecule has 0 unspecified atom stereocenters. The number of anilines is 1. The van der Waals surface area contributed by atoms with Crippen molar-refractivity contribution < 1.29 is 8.42 Å². The smallest absolute Gasteiger partial charge is 0.314 e. The lowest BCUT2D eigenvalue weighted by Crippen LogP contribution is -2.29. The molecule has 0 aliphatic rings. The molecule has 0 atom stereocenters. The molecule has 26 heavy (non-hydrogen) atoms. The number of aryl methyl sites for hydroxylation is 2. The molecule has 0 saturated heterocycles. The van der Waals surface area contributed by atoms with Gasteiger partial charge in [-0.05, 0) is 48.7 Å². The predicted molar refractivity (Wildman–Crippen MR) is 101 cm³/mol. The topological polar surface area (TPSA) is 112 Å². The standard InChI is InChI=1S/C18H19N3O4S/c1-3-4-12-5-7-13(8-6-12)21-26(24,25)16-10-15-14(9-11(16)2)19-17(22)18(23)20-15/h5-10,21H,3-4H2,1-2H3,(H,19,22)(H,20,23). The second kappa shape index (κ2) is 6.80. The molecule has 3 rings (SSSR count). The van der Waals surface area contributed by atoms with Crippen molar-refractivity contribution in [2.24, 2.45) is 0 Å². The van der Waals surface area contributed by atoms with Crippen molar-refractivity contribution in [2.45, 2.75) is 31.6 Å². The summed E-state index contributed by atoms with van der Waals surface area (Å²) in [7, 11) is -3.85. The van der Waals surface area contributed by atoms with E-state index < -0.39 is 21.1 Å². The Morgan fingerprint density at radius 1 is 0.962 bits per heavy atom. The van der Waals surface area contributed by atoms with Gasteiger partial charge < -0.3 is 9.97 Å². The van der Waals surface area contributed by atoms with Crippen LogP contribution in [0.25, 0.3) is 11.0 Å². The molecule has 7 nitrogen and oxygen atoms in total. The molecule has 0 radical (unpaired) electrons. The zero-order valence-electron chi connectivity index (χ0n) is 14.4. The van der Waals surface area contributed by atoms with Crippen LogP contribution in [0.4, 0.5) is 5.69 Å². The first kappa shape index (κ1) is 17.9. The Hall–Kier alpha value is -2.87. The molecule has 1 heterocycles. The maximum absolute atomic E-state index is 12.8. The van der Waals surface area contributed by atoms with Gasteiger partial charge in [-0.1, -0.05) is 25.5 Å². The first-order valence-corrected chi connectivity index (χ1v) is 9.67. The van der Waals surface area contributed by atoms with Gasteiger partial charge in [0.05, 0.1) is 15.9 Å². The second-order valence-electron chi connectivity index (χ2n) is 6.12. The van der Waals surface area contributed by atoms with Gasteiger partial charge in [-0.2, -0.15) is 0 Å². The van der Waals surface area contributed by atoms with Crippen LogP contribution in [0.5, 0.6) is 0 Å². The lowest BCUT2D eigenvalue weighted by molar-refractivity contribution is 0.600. The van der Waals surface area contributed by atoms with Crippen LogP contribution in [0, 0.1) is 6.92 Å². The van der Waals surface area contributed by atoms with Crippen molar-refractivity contribution in [3.63, 3.8) is 0 Å². The Labute approximate surface area is 150 Å². The lowest BCUT2D eigenvalue weighted by atomic mass is 10.1. The van der Waals surface area contributed by atoms with E-state index in [0.717, 1.165) is 18.4 Å². The van der Waals surface area contributed by atoms with Gasteiger partial charge >= 0.3 is 11.1 Å².